The number of rotatable bonds is 12. The molecule has 0 aliphatic rings. The SMILES string of the molecule is C=CCc1cc(/C=C(/C#N)C(=O)NCc2ccc(OC)cc2)cc(OCC)c1OCc1ccccc1C#N. The summed E-state index contributed by atoms with van der Waals surface area (Å²) in [5, 5.41) is 21.9. The molecule has 7 heteroatoms. The van der Waals surface area contributed by atoms with E-state index in [2.05, 4.69) is 18.0 Å². The lowest BCUT2D eigenvalue weighted by molar-refractivity contribution is -0.117. The van der Waals surface area contributed by atoms with Crippen LogP contribution in [0.25, 0.3) is 6.08 Å². The molecule has 0 spiro atoms. The zero-order valence-electron chi connectivity index (χ0n) is 21.5. The van der Waals surface area contributed by atoms with Crippen LogP contribution in [-0.4, -0.2) is 19.6 Å². The van der Waals surface area contributed by atoms with E-state index in [1.807, 2.05) is 55.5 Å². The lowest BCUT2D eigenvalue weighted by atomic mass is 10.0. The highest BCUT2D eigenvalue weighted by Gasteiger charge is 2.16. The van der Waals surface area contributed by atoms with Crippen molar-refractivity contribution < 1.29 is 19.0 Å². The van der Waals surface area contributed by atoms with Gasteiger partial charge in [-0.15, -0.1) is 6.58 Å². The number of nitrogens with zero attached hydrogens (tertiary/aromatic N) is 2. The minimum atomic E-state index is -0.486. The highest BCUT2D eigenvalue weighted by atomic mass is 16.5. The van der Waals surface area contributed by atoms with Crippen molar-refractivity contribution in [3.8, 4) is 29.4 Å². The van der Waals surface area contributed by atoms with Crippen LogP contribution >= 0.6 is 0 Å². The topological polar surface area (TPSA) is 104 Å². The second-order valence-electron chi connectivity index (χ2n) is 8.19. The van der Waals surface area contributed by atoms with E-state index in [0.29, 0.717) is 35.7 Å². The maximum atomic E-state index is 12.8. The van der Waals surface area contributed by atoms with Gasteiger partial charge in [0, 0.05) is 17.7 Å². The number of hydrogen-bond acceptors (Lipinski definition) is 6. The van der Waals surface area contributed by atoms with Crippen LogP contribution in [0.2, 0.25) is 0 Å². The summed E-state index contributed by atoms with van der Waals surface area (Å²) in [5.74, 6) is 1.24. The summed E-state index contributed by atoms with van der Waals surface area (Å²) in [6, 6.07) is 22.3. The third-order valence-corrected chi connectivity index (χ3v) is 5.62. The van der Waals surface area contributed by atoms with E-state index in [0.717, 1.165) is 22.4 Å². The molecule has 38 heavy (non-hydrogen) atoms. The first-order valence-electron chi connectivity index (χ1n) is 12.1. The molecule has 0 saturated carbocycles. The van der Waals surface area contributed by atoms with Gasteiger partial charge in [0.1, 0.15) is 24.0 Å². The Hall–Kier alpha value is -5.01. The Morgan fingerprint density at radius 2 is 1.82 bits per heavy atom. The molecular formula is C31H29N3O4. The van der Waals surface area contributed by atoms with Gasteiger partial charge in [-0.2, -0.15) is 10.5 Å². The third kappa shape index (κ3) is 7.25. The van der Waals surface area contributed by atoms with E-state index in [1.165, 1.54) is 6.08 Å². The number of carbonyl (C=O) groups is 1. The molecule has 3 aromatic rings. The van der Waals surface area contributed by atoms with Gasteiger partial charge in [0.05, 0.1) is 25.3 Å². The van der Waals surface area contributed by atoms with Gasteiger partial charge in [-0.1, -0.05) is 36.4 Å². The molecular weight excluding hydrogens is 478 g/mol. The van der Waals surface area contributed by atoms with Gasteiger partial charge in [0.15, 0.2) is 11.5 Å². The highest BCUT2D eigenvalue weighted by Crippen LogP contribution is 2.35. The highest BCUT2D eigenvalue weighted by molar-refractivity contribution is 6.01. The zero-order chi connectivity index (χ0) is 27.3. The van der Waals surface area contributed by atoms with Crippen LogP contribution in [0.4, 0.5) is 0 Å². The number of amides is 1. The van der Waals surface area contributed by atoms with E-state index >= 15 is 0 Å². The molecule has 192 valence electrons. The number of ether oxygens (including phenoxy) is 3. The zero-order valence-corrected chi connectivity index (χ0v) is 21.5. The van der Waals surface area contributed by atoms with Crippen molar-refractivity contribution in [2.75, 3.05) is 13.7 Å². The second kappa shape index (κ2) is 13.9. The minimum absolute atomic E-state index is 0.0397. The molecule has 0 radical (unpaired) electrons. The fraction of sp³-hybridized carbons (Fsp3) is 0.194. The Kier molecular flexibility index (Phi) is 10.1. The number of carbonyl (C=O) groups excluding carboxylic acids is 1. The maximum Gasteiger partial charge on any atom is 0.262 e. The van der Waals surface area contributed by atoms with Crippen LogP contribution in [0.5, 0.6) is 17.2 Å². The standard InChI is InChI=1S/C31H29N3O4/c1-4-8-24-15-23(16-27(19-33)31(35)34-20-22-11-13-28(36-3)14-12-22)17-29(37-5-2)30(24)38-21-26-10-7-6-9-25(26)18-32/h4,6-7,9-17H,1,5,8,20-21H2,2-3H3,(H,34,35)/b27-16-. The van der Waals surface area contributed by atoms with Gasteiger partial charge in [-0.25, -0.2) is 0 Å². The Bertz CT molecular complexity index is 1400. The first kappa shape index (κ1) is 27.6. The van der Waals surface area contributed by atoms with Crippen LogP contribution in [0, 0.1) is 22.7 Å². The second-order valence-corrected chi connectivity index (χ2v) is 8.19. The average molecular weight is 508 g/mol. The van der Waals surface area contributed by atoms with E-state index < -0.39 is 5.91 Å². The molecule has 0 aromatic heterocycles. The maximum absolute atomic E-state index is 12.8. The predicted molar refractivity (Wildman–Crippen MR) is 145 cm³/mol. The molecule has 1 N–H and O–H groups in total. The van der Waals surface area contributed by atoms with Gasteiger partial charge in [0.2, 0.25) is 0 Å². The van der Waals surface area contributed by atoms with Crippen LogP contribution in [0.3, 0.4) is 0 Å². The summed E-state index contributed by atoms with van der Waals surface area (Å²) in [6.45, 7) is 6.53. The van der Waals surface area contributed by atoms with Crippen LogP contribution < -0.4 is 19.5 Å². The minimum Gasteiger partial charge on any atom is -0.497 e. The largest absolute Gasteiger partial charge is 0.497 e. The quantitative estimate of drug-likeness (QED) is 0.197. The summed E-state index contributed by atoms with van der Waals surface area (Å²) in [6.07, 6.45) is 3.73. The van der Waals surface area contributed by atoms with Crippen molar-refractivity contribution >= 4 is 12.0 Å². The molecule has 0 atom stereocenters. The van der Waals surface area contributed by atoms with Gasteiger partial charge in [-0.05, 0) is 60.9 Å². The number of methoxy groups -OCH3 is 1. The number of hydrogen-bond donors (Lipinski definition) is 1. The Morgan fingerprint density at radius 1 is 1.05 bits per heavy atom. The molecule has 1 amide bonds. The monoisotopic (exact) mass is 507 g/mol. The van der Waals surface area contributed by atoms with E-state index in [-0.39, 0.29) is 18.7 Å². The Morgan fingerprint density at radius 3 is 2.47 bits per heavy atom. The number of benzene rings is 3. The average Bonchev–Trinajstić information content (AvgIpc) is 2.95. The van der Waals surface area contributed by atoms with Crippen LogP contribution in [0.1, 0.15) is 34.7 Å². The molecule has 3 rings (SSSR count). The van der Waals surface area contributed by atoms with Crippen molar-refractivity contribution in [2.24, 2.45) is 0 Å². The molecule has 0 heterocycles. The van der Waals surface area contributed by atoms with Gasteiger partial charge in [-0.3, -0.25) is 4.79 Å². The normalized spacial score (nSPS) is 10.6. The lowest BCUT2D eigenvalue weighted by Gasteiger charge is -2.17. The molecule has 0 bridgehead atoms. The van der Waals surface area contributed by atoms with E-state index in [4.69, 9.17) is 14.2 Å². The fourth-order valence-corrected chi connectivity index (χ4v) is 3.74. The van der Waals surface area contributed by atoms with E-state index in [9.17, 15) is 15.3 Å². The molecule has 0 unspecified atom stereocenters. The summed E-state index contributed by atoms with van der Waals surface area (Å²) in [7, 11) is 1.59. The first-order valence-corrected chi connectivity index (χ1v) is 12.1. The predicted octanol–water partition coefficient (Wildman–Crippen LogP) is 5.50. The third-order valence-electron chi connectivity index (χ3n) is 5.62. The molecule has 0 aliphatic heterocycles. The van der Waals surface area contributed by atoms with E-state index in [1.54, 1.807) is 31.4 Å². The first-order chi connectivity index (χ1) is 18.5. The van der Waals surface area contributed by atoms with Crippen LogP contribution in [-0.2, 0) is 24.4 Å². The van der Waals surface area contributed by atoms with Crippen molar-refractivity contribution in [2.45, 2.75) is 26.5 Å². The van der Waals surface area contributed by atoms with Crippen molar-refractivity contribution in [1.29, 1.82) is 10.5 Å². The van der Waals surface area contributed by atoms with Crippen molar-refractivity contribution in [3.63, 3.8) is 0 Å². The van der Waals surface area contributed by atoms with Gasteiger partial charge in [0.25, 0.3) is 5.91 Å². The number of nitrogens with one attached hydrogen (secondary N) is 1. The van der Waals surface area contributed by atoms with Crippen molar-refractivity contribution in [1.82, 2.24) is 5.32 Å². The Labute approximate surface area is 223 Å². The molecule has 0 saturated heterocycles. The molecule has 0 aliphatic carbocycles. The molecule has 7 nitrogen and oxygen atoms in total. The molecule has 0 fully saturated rings. The van der Waals surface area contributed by atoms with Crippen LogP contribution in [0.15, 0.2) is 78.9 Å². The smallest absolute Gasteiger partial charge is 0.262 e. The number of nitriles is 2. The number of allylic oxidation sites excluding steroid dienone is 1. The van der Waals surface area contributed by atoms with Gasteiger partial charge < -0.3 is 19.5 Å². The molecule has 3 aromatic carbocycles. The van der Waals surface area contributed by atoms with Crippen molar-refractivity contribution in [3.05, 3.63) is 107 Å². The summed E-state index contributed by atoms with van der Waals surface area (Å²) < 4.78 is 17.2. The summed E-state index contributed by atoms with van der Waals surface area (Å²) >= 11 is 0. The lowest BCUT2D eigenvalue weighted by Crippen LogP contribution is -2.23. The summed E-state index contributed by atoms with van der Waals surface area (Å²) in [4.78, 5) is 12.8. The Balaban J connectivity index is 1.86. The summed E-state index contributed by atoms with van der Waals surface area (Å²) in [5.41, 5.74) is 3.53. The fourth-order valence-electron chi connectivity index (χ4n) is 3.74. The van der Waals surface area contributed by atoms with Gasteiger partial charge >= 0.3 is 0 Å².